The molecule has 3 heteroatoms. The molecule has 0 spiro atoms. The molecular weight excluding hydrogens is 270 g/mol. The topological polar surface area (TPSA) is 28.5 Å². The molecule has 0 aliphatic heterocycles. The lowest BCUT2D eigenvalue weighted by Gasteiger charge is -2.11. The van der Waals surface area contributed by atoms with E-state index in [0.717, 1.165) is 27.8 Å². The first kappa shape index (κ1) is 14.3. The van der Waals surface area contributed by atoms with E-state index in [1.807, 2.05) is 45.4 Å². The molecule has 0 atom stereocenters. The van der Waals surface area contributed by atoms with Crippen LogP contribution in [-0.4, -0.2) is 25.3 Å². The Morgan fingerprint density at radius 3 is 2.45 bits per heavy atom. The molecule has 3 aromatic rings. The van der Waals surface area contributed by atoms with E-state index in [1.54, 1.807) is 0 Å². The smallest absolute Gasteiger partial charge is 0.0706 e. The molecule has 0 saturated heterocycles. The van der Waals surface area contributed by atoms with Gasteiger partial charge in [-0.15, -0.1) is 0 Å². The van der Waals surface area contributed by atoms with Crippen molar-refractivity contribution in [2.24, 2.45) is 4.99 Å². The van der Waals surface area contributed by atoms with Gasteiger partial charge in [-0.2, -0.15) is 0 Å². The van der Waals surface area contributed by atoms with Crippen LogP contribution < -0.4 is 4.90 Å². The van der Waals surface area contributed by atoms with Gasteiger partial charge in [-0.05, 0) is 48.9 Å². The van der Waals surface area contributed by atoms with Crippen molar-refractivity contribution in [3.63, 3.8) is 0 Å². The van der Waals surface area contributed by atoms with Crippen molar-refractivity contribution in [3.05, 3.63) is 65.9 Å². The van der Waals surface area contributed by atoms with Crippen LogP contribution in [0.1, 0.15) is 11.3 Å². The minimum Gasteiger partial charge on any atom is -0.378 e. The van der Waals surface area contributed by atoms with Crippen molar-refractivity contribution in [2.45, 2.75) is 6.92 Å². The number of pyridine rings is 1. The average molecular weight is 289 g/mol. The van der Waals surface area contributed by atoms with Gasteiger partial charge in [0.2, 0.25) is 0 Å². The van der Waals surface area contributed by atoms with Crippen LogP contribution in [0.15, 0.2) is 59.6 Å². The van der Waals surface area contributed by atoms with Crippen LogP contribution in [0.4, 0.5) is 11.4 Å². The number of anilines is 1. The summed E-state index contributed by atoms with van der Waals surface area (Å²) in [6.07, 6.45) is 1.89. The van der Waals surface area contributed by atoms with E-state index in [-0.39, 0.29) is 0 Å². The molecule has 0 N–H and O–H groups in total. The zero-order valence-electron chi connectivity index (χ0n) is 13.1. The number of aromatic nitrogens is 1. The van der Waals surface area contributed by atoms with Crippen LogP contribution in [0.25, 0.3) is 10.9 Å². The van der Waals surface area contributed by atoms with Gasteiger partial charge in [0.05, 0.1) is 11.2 Å². The summed E-state index contributed by atoms with van der Waals surface area (Å²) >= 11 is 0. The Balaban J connectivity index is 1.84. The molecule has 3 rings (SSSR count). The van der Waals surface area contributed by atoms with Crippen molar-refractivity contribution >= 4 is 28.5 Å². The Morgan fingerprint density at radius 2 is 1.73 bits per heavy atom. The highest BCUT2D eigenvalue weighted by Gasteiger charge is 1.98. The monoisotopic (exact) mass is 289 g/mol. The maximum absolute atomic E-state index is 4.56. The van der Waals surface area contributed by atoms with Gasteiger partial charge >= 0.3 is 0 Å². The molecule has 0 saturated carbocycles. The van der Waals surface area contributed by atoms with E-state index in [1.165, 1.54) is 5.69 Å². The van der Waals surface area contributed by atoms with E-state index in [4.69, 9.17) is 0 Å². The van der Waals surface area contributed by atoms with Crippen LogP contribution in [-0.2, 0) is 0 Å². The summed E-state index contributed by atoms with van der Waals surface area (Å²) in [4.78, 5) is 11.1. The molecule has 110 valence electrons. The lowest BCUT2D eigenvalue weighted by molar-refractivity contribution is 1.13. The second-order valence-corrected chi connectivity index (χ2v) is 5.57. The Hall–Kier alpha value is -2.68. The molecule has 1 heterocycles. The summed E-state index contributed by atoms with van der Waals surface area (Å²) in [6.45, 7) is 2.00. The summed E-state index contributed by atoms with van der Waals surface area (Å²) < 4.78 is 0. The first-order valence-electron chi connectivity index (χ1n) is 7.31. The van der Waals surface area contributed by atoms with Gasteiger partial charge in [0.25, 0.3) is 0 Å². The Kier molecular flexibility index (Phi) is 3.88. The lowest BCUT2D eigenvalue weighted by Crippen LogP contribution is -2.08. The molecule has 2 aromatic carbocycles. The summed E-state index contributed by atoms with van der Waals surface area (Å²) in [5.74, 6) is 0. The SMILES string of the molecule is Cc1ccc2cc(N=Cc3ccc(N(C)C)cc3)ccc2n1. The molecule has 0 aliphatic carbocycles. The number of aryl methyl sites for hydroxylation is 1. The molecule has 0 aliphatic rings. The number of rotatable bonds is 3. The lowest BCUT2D eigenvalue weighted by atomic mass is 10.2. The van der Waals surface area contributed by atoms with Gasteiger partial charge in [-0.1, -0.05) is 18.2 Å². The number of hydrogen-bond donors (Lipinski definition) is 0. The normalized spacial score (nSPS) is 11.2. The third-order valence-corrected chi connectivity index (χ3v) is 3.58. The first-order valence-corrected chi connectivity index (χ1v) is 7.31. The van der Waals surface area contributed by atoms with Gasteiger partial charge < -0.3 is 4.90 Å². The molecule has 1 aromatic heterocycles. The largest absolute Gasteiger partial charge is 0.378 e. The minimum absolute atomic E-state index is 0.940. The van der Waals surface area contributed by atoms with Crippen LogP contribution in [0.5, 0.6) is 0 Å². The van der Waals surface area contributed by atoms with Gasteiger partial charge in [0, 0.05) is 37.1 Å². The van der Waals surface area contributed by atoms with Gasteiger partial charge in [-0.3, -0.25) is 9.98 Å². The van der Waals surface area contributed by atoms with Gasteiger partial charge in [-0.25, -0.2) is 0 Å². The molecule has 3 nitrogen and oxygen atoms in total. The number of nitrogens with zero attached hydrogens (tertiary/aromatic N) is 3. The molecule has 0 unspecified atom stereocenters. The molecule has 22 heavy (non-hydrogen) atoms. The molecule has 0 fully saturated rings. The van der Waals surface area contributed by atoms with Crippen molar-refractivity contribution in [2.75, 3.05) is 19.0 Å². The molecular formula is C19H19N3. The quantitative estimate of drug-likeness (QED) is 0.670. The second-order valence-electron chi connectivity index (χ2n) is 5.57. The Bertz CT molecular complexity index is 818. The zero-order chi connectivity index (χ0) is 15.5. The minimum atomic E-state index is 0.940. The van der Waals surface area contributed by atoms with Crippen molar-refractivity contribution in [1.29, 1.82) is 0 Å². The highest BCUT2D eigenvalue weighted by Crippen LogP contribution is 2.20. The van der Waals surface area contributed by atoms with E-state index in [2.05, 4.69) is 51.3 Å². The number of hydrogen-bond acceptors (Lipinski definition) is 3. The first-order chi connectivity index (χ1) is 10.6. The van der Waals surface area contributed by atoms with E-state index < -0.39 is 0 Å². The predicted octanol–water partition coefficient (Wildman–Crippen LogP) is 4.36. The zero-order valence-corrected chi connectivity index (χ0v) is 13.1. The number of aliphatic imine (C=N–C) groups is 1. The Morgan fingerprint density at radius 1 is 0.955 bits per heavy atom. The van der Waals surface area contributed by atoms with Gasteiger partial charge in [0.15, 0.2) is 0 Å². The van der Waals surface area contributed by atoms with Crippen molar-refractivity contribution < 1.29 is 0 Å². The van der Waals surface area contributed by atoms with E-state index in [0.29, 0.717) is 0 Å². The van der Waals surface area contributed by atoms with Crippen LogP contribution in [0, 0.1) is 6.92 Å². The molecule has 0 radical (unpaired) electrons. The third-order valence-electron chi connectivity index (χ3n) is 3.58. The van der Waals surface area contributed by atoms with Gasteiger partial charge in [0.1, 0.15) is 0 Å². The Labute approximate surface area is 131 Å². The van der Waals surface area contributed by atoms with E-state index >= 15 is 0 Å². The molecule has 0 amide bonds. The highest BCUT2D eigenvalue weighted by molar-refractivity contribution is 5.86. The van der Waals surface area contributed by atoms with Crippen LogP contribution in [0.3, 0.4) is 0 Å². The number of fused-ring (bicyclic) bond motifs is 1. The maximum Gasteiger partial charge on any atom is 0.0706 e. The fourth-order valence-corrected chi connectivity index (χ4v) is 2.30. The van der Waals surface area contributed by atoms with Crippen LogP contribution >= 0.6 is 0 Å². The third kappa shape index (κ3) is 3.14. The van der Waals surface area contributed by atoms with Crippen molar-refractivity contribution in [1.82, 2.24) is 4.98 Å². The fraction of sp³-hybridized carbons (Fsp3) is 0.158. The van der Waals surface area contributed by atoms with Crippen LogP contribution in [0.2, 0.25) is 0 Å². The predicted molar refractivity (Wildman–Crippen MR) is 94.5 cm³/mol. The van der Waals surface area contributed by atoms with Crippen molar-refractivity contribution in [3.8, 4) is 0 Å². The van der Waals surface area contributed by atoms with E-state index in [9.17, 15) is 0 Å². The number of benzene rings is 2. The summed E-state index contributed by atoms with van der Waals surface area (Å²) in [5, 5.41) is 1.11. The fourth-order valence-electron chi connectivity index (χ4n) is 2.30. The summed E-state index contributed by atoms with van der Waals surface area (Å²) in [5.41, 5.74) is 5.26. The standard InChI is InChI=1S/C19H19N3/c1-14-4-7-16-12-17(8-11-19(16)21-14)20-13-15-5-9-18(10-6-15)22(2)3/h4-13H,1-3H3. The average Bonchev–Trinajstić information content (AvgIpc) is 2.53. The second kappa shape index (κ2) is 5.98. The molecule has 0 bridgehead atoms. The highest BCUT2D eigenvalue weighted by atomic mass is 15.1. The maximum atomic E-state index is 4.56. The summed E-state index contributed by atoms with van der Waals surface area (Å²) in [7, 11) is 4.07. The summed E-state index contributed by atoms with van der Waals surface area (Å²) in [6, 6.07) is 18.5.